The molecule has 0 spiro atoms. The van der Waals surface area contributed by atoms with Gasteiger partial charge in [-0.05, 0) is 39.7 Å². The van der Waals surface area contributed by atoms with Gasteiger partial charge < -0.3 is 4.42 Å². The first-order valence-corrected chi connectivity index (χ1v) is 9.07. The first-order valence-electron chi connectivity index (χ1n) is 9.07. The molecule has 0 unspecified atom stereocenters. The fourth-order valence-electron chi connectivity index (χ4n) is 3.02. The first kappa shape index (κ1) is 18.2. The maximum Gasteiger partial charge on any atom is 0.214 e. The monoisotopic (exact) mass is 348 g/mol. The van der Waals surface area contributed by atoms with Crippen LogP contribution < -0.4 is 5.43 Å². The van der Waals surface area contributed by atoms with Crippen molar-refractivity contribution in [3.8, 4) is 0 Å². The van der Waals surface area contributed by atoms with Crippen LogP contribution in [-0.2, 0) is 10.8 Å². The second-order valence-electron chi connectivity index (χ2n) is 8.82. The van der Waals surface area contributed by atoms with Crippen molar-refractivity contribution in [1.82, 2.24) is 0 Å². The van der Waals surface area contributed by atoms with Crippen LogP contribution in [0.3, 0.4) is 0 Å². The van der Waals surface area contributed by atoms with E-state index in [1.165, 1.54) is 11.1 Å². The number of hydrogen-bond acceptors (Lipinski definition) is 3. The van der Waals surface area contributed by atoms with Crippen LogP contribution in [0.4, 0.5) is 5.88 Å². The average Bonchev–Trinajstić information content (AvgIpc) is 2.95. The summed E-state index contributed by atoms with van der Waals surface area (Å²) in [5.74, 6) is 0.645. The van der Waals surface area contributed by atoms with E-state index in [0.29, 0.717) is 5.88 Å². The van der Waals surface area contributed by atoms with E-state index in [0.717, 1.165) is 16.5 Å². The Morgan fingerprint density at radius 2 is 1.62 bits per heavy atom. The minimum atomic E-state index is 0.0527. The van der Waals surface area contributed by atoms with E-state index in [2.05, 4.69) is 70.3 Å². The minimum Gasteiger partial charge on any atom is -0.439 e. The van der Waals surface area contributed by atoms with E-state index >= 15 is 0 Å². The zero-order chi connectivity index (χ0) is 18.9. The highest BCUT2D eigenvalue weighted by atomic mass is 16.4. The molecule has 0 atom stereocenters. The molecule has 136 valence electrons. The Morgan fingerprint density at radius 3 is 2.27 bits per heavy atom. The van der Waals surface area contributed by atoms with E-state index in [1.54, 1.807) is 0 Å². The van der Waals surface area contributed by atoms with Gasteiger partial charge in [-0.15, -0.1) is 0 Å². The summed E-state index contributed by atoms with van der Waals surface area (Å²) < 4.78 is 5.76. The Kier molecular flexibility index (Phi) is 4.66. The van der Waals surface area contributed by atoms with Crippen LogP contribution in [0.2, 0.25) is 0 Å². The zero-order valence-corrected chi connectivity index (χ0v) is 16.6. The molecule has 1 heterocycles. The maximum atomic E-state index is 5.76. The lowest BCUT2D eigenvalue weighted by molar-refractivity contribution is 0.576. The molecular formula is C23H28N2O. The Labute approximate surface area is 156 Å². The standard InChI is InChI=1S/C23H28N2O/c1-22(2,3)18-11-12-19(23(4,5)6)17(13-18)15-24-25-21-14-16-9-7-8-10-20(16)26-21/h7-15,25H,1-6H3/b24-15+. The van der Waals surface area contributed by atoms with Crippen molar-refractivity contribution in [1.29, 1.82) is 0 Å². The third kappa shape index (κ3) is 3.98. The summed E-state index contributed by atoms with van der Waals surface area (Å²) >= 11 is 0. The number of nitrogens with zero attached hydrogens (tertiary/aromatic N) is 1. The van der Waals surface area contributed by atoms with Crippen molar-refractivity contribution in [2.45, 2.75) is 52.4 Å². The molecule has 0 aliphatic rings. The van der Waals surface area contributed by atoms with Crippen LogP contribution >= 0.6 is 0 Å². The third-order valence-corrected chi connectivity index (χ3v) is 4.53. The van der Waals surface area contributed by atoms with Crippen LogP contribution in [0.15, 0.2) is 58.0 Å². The lowest BCUT2D eigenvalue weighted by Gasteiger charge is -2.25. The summed E-state index contributed by atoms with van der Waals surface area (Å²) in [5.41, 5.74) is 7.75. The van der Waals surface area contributed by atoms with Crippen LogP contribution in [0.5, 0.6) is 0 Å². The summed E-state index contributed by atoms with van der Waals surface area (Å²) in [6.45, 7) is 13.4. The molecule has 3 aromatic rings. The topological polar surface area (TPSA) is 37.5 Å². The zero-order valence-electron chi connectivity index (χ0n) is 16.6. The fraction of sp³-hybridized carbons (Fsp3) is 0.348. The van der Waals surface area contributed by atoms with E-state index in [1.807, 2.05) is 36.5 Å². The summed E-state index contributed by atoms with van der Waals surface area (Å²) in [4.78, 5) is 0. The minimum absolute atomic E-state index is 0.0527. The van der Waals surface area contributed by atoms with Crippen molar-refractivity contribution < 1.29 is 4.42 Å². The number of benzene rings is 2. The summed E-state index contributed by atoms with van der Waals surface area (Å²) in [6.07, 6.45) is 1.89. The molecule has 0 aliphatic carbocycles. The predicted molar refractivity (Wildman–Crippen MR) is 111 cm³/mol. The number of nitrogens with one attached hydrogen (secondary N) is 1. The number of hydrazone groups is 1. The van der Waals surface area contributed by atoms with Crippen LogP contribution in [0.25, 0.3) is 11.0 Å². The third-order valence-electron chi connectivity index (χ3n) is 4.53. The number of furan rings is 1. The van der Waals surface area contributed by atoms with Gasteiger partial charge in [0, 0.05) is 11.5 Å². The molecule has 0 saturated heterocycles. The van der Waals surface area contributed by atoms with Gasteiger partial charge in [-0.2, -0.15) is 5.10 Å². The maximum absolute atomic E-state index is 5.76. The number of anilines is 1. The highest BCUT2D eigenvalue weighted by Gasteiger charge is 2.20. The molecule has 0 amide bonds. The van der Waals surface area contributed by atoms with Crippen LogP contribution in [0, 0.1) is 0 Å². The van der Waals surface area contributed by atoms with E-state index in [4.69, 9.17) is 4.42 Å². The molecule has 3 heteroatoms. The highest BCUT2D eigenvalue weighted by Crippen LogP contribution is 2.30. The molecule has 1 aromatic heterocycles. The average molecular weight is 348 g/mol. The molecule has 0 bridgehead atoms. The molecule has 26 heavy (non-hydrogen) atoms. The molecule has 0 fully saturated rings. The summed E-state index contributed by atoms with van der Waals surface area (Å²) in [7, 11) is 0. The number of rotatable bonds is 3. The number of hydrogen-bond donors (Lipinski definition) is 1. The predicted octanol–water partition coefficient (Wildman–Crippen LogP) is 6.47. The Hall–Kier alpha value is -2.55. The van der Waals surface area contributed by atoms with Crippen molar-refractivity contribution >= 4 is 23.1 Å². The van der Waals surface area contributed by atoms with Gasteiger partial charge in [0.2, 0.25) is 5.88 Å². The van der Waals surface area contributed by atoms with Crippen LogP contribution in [0.1, 0.15) is 58.2 Å². The second kappa shape index (κ2) is 6.64. The molecular weight excluding hydrogens is 320 g/mol. The van der Waals surface area contributed by atoms with Gasteiger partial charge in [-0.25, -0.2) is 5.43 Å². The summed E-state index contributed by atoms with van der Waals surface area (Å²) in [5, 5.41) is 5.50. The van der Waals surface area contributed by atoms with Crippen molar-refractivity contribution in [3.05, 3.63) is 65.2 Å². The highest BCUT2D eigenvalue weighted by molar-refractivity contribution is 5.84. The van der Waals surface area contributed by atoms with Gasteiger partial charge >= 0.3 is 0 Å². The molecule has 0 radical (unpaired) electrons. The normalized spacial score (nSPS) is 12.8. The Bertz CT molecular complexity index is 904. The Morgan fingerprint density at radius 1 is 0.885 bits per heavy atom. The van der Waals surface area contributed by atoms with Crippen molar-refractivity contribution in [3.63, 3.8) is 0 Å². The van der Waals surface area contributed by atoms with Gasteiger partial charge in [-0.3, -0.25) is 0 Å². The van der Waals surface area contributed by atoms with Gasteiger partial charge in [0.05, 0.1) is 6.21 Å². The molecule has 2 aromatic carbocycles. The molecule has 3 nitrogen and oxygen atoms in total. The largest absolute Gasteiger partial charge is 0.439 e. The lowest BCUT2D eigenvalue weighted by Crippen LogP contribution is -2.17. The second-order valence-corrected chi connectivity index (χ2v) is 8.82. The molecule has 1 N–H and O–H groups in total. The lowest BCUT2D eigenvalue weighted by atomic mass is 9.79. The van der Waals surface area contributed by atoms with Crippen LogP contribution in [-0.4, -0.2) is 6.21 Å². The van der Waals surface area contributed by atoms with Gasteiger partial charge in [0.1, 0.15) is 5.58 Å². The van der Waals surface area contributed by atoms with Crippen molar-refractivity contribution in [2.24, 2.45) is 5.10 Å². The smallest absolute Gasteiger partial charge is 0.214 e. The van der Waals surface area contributed by atoms with Gasteiger partial charge in [0.15, 0.2) is 0 Å². The quantitative estimate of drug-likeness (QED) is 0.435. The molecule has 3 rings (SSSR count). The SMILES string of the molecule is CC(C)(C)c1ccc(C(C)(C)C)c(/C=N/Nc2cc3ccccc3o2)c1. The Balaban J connectivity index is 1.90. The van der Waals surface area contributed by atoms with Crippen molar-refractivity contribution in [2.75, 3.05) is 5.43 Å². The van der Waals surface area contributed by atoms with Gasteiger partial charge in [-0.1, -0.05) is 71.9 Å². The van der Waals surface area contributed by atoms with Gasteiger partial charge in [0.25, 0.3) is 0 Å². The molecule has 0 aliphatic heterocycles. The first-order chi connectivity index (χ1) is 12.1. The van der Waals surface area contributed by atoms with E-state index in [9.17, 15) is 0 Å². The van der Waals surface area contributed by atoms with E-state index < -0.39 is 0 Å². The molecule has 0 saturated carbocycles. The van der Waals surface area contributed by atoms with E-state index in [-0.39, 0.29) is 10.8 Å². The number of fused-ring (bicyclic) bond motifs is 1. The summed E-state index contributed by atoms with van der Waals surface area (Å²) in [6, 6.07) is 16.6. The number of para-hydroxylation sites is 1. The fourth-order valence-corrected chi connectivity index (χ4v) is 3.02.